The first kappa shape index (κ1) is 9.59. The normalized spacial score (nSPS) is 18.5. The molecule has 1 fully saturated rings. The van der Waals surface area contributed by atoms with Gasteiger partial charge in [-0.05, 0) is 18.4 Å². The van der Waals surface area contributed by atoms with Gasteiger partial charge in [-0.3, -0.25) is 0 Å². The minimum atomic E-state index is -2.66. The Labute approximate surface area is 81.7 Å². The maximum absolute atomic E-state index is 11.9. The van der Waals surface area contributed by atoms with E-state index >= 15 is 0 Å². The standard InChI is InChI=1S/C11H12F2O/c12-10(13)14-8-11(6-7-11)9-4-2-1-3-5-9/h1-5,10H,6-8H2. The van der Waals surface area contributed by atoms with Gasteiger partial charge in [0.15, 0.2) is 0 Å². The summed E-state index contributed by atoms with van der Waals surface area (Å²) in [6.45, 7) is -2.52. The molecule has 1 aliphatic rings. The van der Waals surface area contributed by atoms with Gasteiger partial charge in [-0.2, -0.15) is 8.78 Å². The molecule has 1 nitrogen and oxygen atoms in total. The molecule has 14 heavy (non-hydrogen) atoms. The zero-order chi connectivity index (χ0) is 10.0. The van der Waals surface area contributed by atoms with E-state index in [4.69, 9.17) is 0 Å². The van der Waals surface area contributed by atoms with E-state index in [1.165, 1.54) is 0 Å². The van der Waals surface area contributed by atoms with Crippen molar-refractivity contribution in [3.63, 3.8) is 0 Å². The largest absolute Gasteiger partial charge is 0.345 e. The Bertz CT molecular complexity index is 293. The second-order valence-electron chi connectivity index (χ2n) is 3.72. The molecule has 0 spiro atoms. The Morgan fingerprint density at radius 2 is 1.86 bits per heavy atom. The number of hydrogen-bond acceptors (Lipinski definition) is 1. The van der Waals surface area contributed by atoms with E-state index in [0.29, 0.717) is 0 Å². The summed E-state index contributed by atoms with van der Waals surface area (Å²) in [6.07, 6.45) is 1.90. The fraction of sp³-hybridized carbons (Fsp3) is 0.455. The third-order valence-corrected chi connectivity index (χ3v) is 2.73. The molecular formula is C11H12F2O. The topological polar surface area (TPSA) is 9.23 Å². The molecule has 0 amide bonds. The maximum atomic E-state index is 11.9. The summed E-state index contributed by atoms with van der Waals surface area (Å²) in [4.78, 5) is 0. The van der Waals surface area contributed by atoms with Gasteiger partial charge in [-0.25, -0.2) is 0 Å². The number of hydrogen-bond donors (Lipinski definition) is 0. The first-order valence-electron chi connectivity index (χ1n) is 4.68. The Morgan fingerprint density at radius 1 is 1.21 bits per heavy atom. The van der Waals surface area contributed by atoms with Crippen LogP contribution in [-0.4, -0.2) is 13.2 Å². The van der Waals surface area contributed by atoms with Crippen molar-refractivity contribution < 1.29 is 13.5 Å². The van der Waals surface area contributed by atoms with Gasteiger partial charge in [0.2, 0.25) is 0 Å². The third-order valence-electron chi connectivity index (χ3n) is 2.73. The zero-order valence-corrected chi connectivity index (χ0v) is 7.75. The van der Waals surface area contributed by atoms with E-state index in [0.717, 1.165) is 18.4 Å². The highest BCUT2D eigenvalue weighted by atomic mass is 19.3. The molecule has 0 aliphatic heterocycles. The van der Waals surface area contributed by atoms with E-state index in [1.54, 1.807) is 0 Å². The zero-order valence-electron chi connectivity index (χ0n) is 7.75. The Morgan fingerprint density at radius 3 is 2.36 bits per heavy atom. The molecule has 0 bridgehead atoms. The van der Waals surface area contributed by atoms with Crippen molar-refractivity contribution in [2.45, 2.75) is 24.9 Å². The van der Waals surface area contributed by atoms with E-state index in [-0.39, 0.29) is 12.0 Å². The van der Waals surface area contributed by atoms with Crippen LogP contribution in [0.5, 0.6) is 0 Å². The highest BCUT2D eigenvalue weighted by Gasteiger charge is 2.44. The molecule has 1 aromatic carbocycles. The minimum Gasteiger partial charge on any atom is -0.322 e. The summed E-state index contributed by atoms with van der Waals surface area (Å²) >= 11 is 0. The summed E-state index contributed by atoms with van der Waals surface area (Å²) in [5, 5.41) is 0. The summed E-state index contributed by atoms with van der Waals surface area (Å²) in [7, 11) is 0. The van der Waals surface area contributed by atoms with Crippen LogP contribution < -0.4 is 0 Å². The van der Waals surface area contributed by atoms with Crippen molar-refractivity contribution in [1.82, 2.24) is 0 Å². The Hall–Kier alpha value is -0.960. The molecule has 1 saturated carbocycles. The minimum absolute atomic E-state index is 0.127. The fourth-order valence-corrected chi connectivity index (χ4v) is 1.68. The monoisotopic (exact) mass is 198 g/mol. The number of ether oxygens (including phenoxy) is 1. The van der Waals surface area contributed by atoms with Gasteiger partial charge in [0, 0.05) is 5.41 Å². The Balaban J connectivity index is 2.03. The predicted molar refractivity (Wildman–Crippen MR) is 49.3 cm³/mol. The van der Waals surface area contributed by atoms with Crippen LogP contribution in [0.1, 0.15) is 18.4 Å². The lowest BCUT2D eigenvalue weighted by atomic mass is 9.97. The van der Waals surface area contributed by atoms with E-state index in [1.807, 2.05) is 30.3 Å². The maximum Gasteiger partial charge on any atom is 0.345 e. The average molecular weight is 198 g/mol. The van der Waals surface area contributed by atoms with Crippen LogP contribution in [0.15, 0.2) is 30.3 Å². The number of rotatable bonds is 4. The Kier molecular flexibility index (Phi) is 2.50. The molecule has 0 saturated heterocycles. The molecule has 0 atom stereocenters. The van der Waals surface area contributed by atoms with Gasteiger partial charge in [0.05, 0.1) is 6.61 Å². The van der Waals surface area contributed by atoms with Crippen molar-refractivity contribution >= 4 is 0 Å². The van der Waals surface area contributed by atoms with Crippen molar-refractivity contribution in [2.24, 2.45) is 0 Å². The summed E-state index contributed by atoms with van der Waals surface area (Å²) in [6, 6.07) is 9.73. The number of alkyl halides is 2. The molecule has 3 heteroatoms. The van der Waals surface area contributed by atoms with Crippen molar-refractivity contribution in [3.05, 3.63) is 35.9 Å². The molecule has 1 aliphatic carbocycles. The highest BCUT2D eigenvalue weighted by Crippen LogP contribution is 2.48. The van der Waals surface area contributed by atoms with Gasteiger partial charge in [0.25, 0.3) is 0 Å². The molecule has 0 N–H and O–H groups in total. The lowest BCUT2D eigenvalue weighted by Gasteiger charge is -2.15. The molecule has 1 aromatic rings. The second kappa shape index (κ2) is 3.65. The second-order valence-corrected chi connectivity index (χ2v) is 3.72. The van der Waals surface area contributed by atoms with Crippen molar-refractivity contribution in [3.8, 4) is 0 Å². The third kappa shape index (κ3) is 1.93. The first-order valence-corrected chi connectivity index (χ1v) is 4.68. The quantitative estimate of drug-likeness (QED) is 0.722. The van der Waals surface area contributed by atoms with Crippen molar-refractivity contribution in [2.75, 3.05) is 6.61 Å². The van der Waals surface area contributed by atoms with Crippen LogP contribution in [-0.2, 0) is 10.2 Å². The molecule has 0 heterocycles. The molecule has 0 unspecified atom stereocenters. The average Bonchev–Trinajstić information content (AvgIpc) is 2.97. The molecule has 2 rings (SSSR count). The fourth-order valence-electron chi connectivity index (χ4n) is 1.68. The number of benzene rings is 1. The predicted octanol–water partition coefficient (Wildman–Crippen LogP) is 2.96. The van der Waals surface area contributed by atoms with Crippen LogP contribution in [0.4, 0.5) is 8.78 Å². The summed E-state index contributed by atoms with van der Waals surface area (Å²) < 4.78 is 28.2. The van der Waals surface area contributed by atoms with Crippen LogP contribution >= 0.6 is 0 Å². The van der Waals surface area contributed by atoms with Gasteiger partial charge in [-0.1, -0.05) is 30.3 Å². The van der Waals surface area contributed by atoms with Crippen LogP contribution in [0, 0.1) is 0 Å². The first-order chi connectivity index (χ1) is 6.73. The van der Waals surface area contributed by atoms with Gasteiger partial charge in [0.1, 0.15) is 0 Å². The lowest BCUT2D eigenvalue weighted by Crippen LogP contribution is -2.17. The molecular weight excluding hydrogens is 186 g/mol. The van der Waals surface area contributed by atoms with Crippen LogP contribution in [0.2, 0.25) is 0 Å². The van der Waals surface area contributed by atoms with E-state index in [2.05, 4.69) is 4.74 Å². The van der Waals surface area contributed by atoms with Crippen molar-refractivity contribution in [1.29, 1.82) is 0 Å². The van der Waals surface area contributed by atoms with Gasteiger partial charge < -0.3 is 4.74 Å². The van der Waals surface area contributed by atoms with E-state index in [9.17, 15) is 8.78 Å². The van der Waals surface area contributed by atoms with Gasteiger partial charge in [-0.15, -0.1) is 0 Å². The lowest BCUT2D eigenvalue weighted by molar-refractivity contribution is -0.134. The summed E-state index contributed by atoms with van der Waals surface area (Å²) in [5.41, 5.74) is 0.984. The summed E-state index contributed by atoms with van der Waals surface area (Å²) in [5.74, 6) is 0. The highest BCUT2D eigenvalue weighted by molar-refractivity contribution is 5.31. The molecule has 0 aromatic heterocycles. The van der Waals surface area contributed by atoms with E-state index < -0.39 is 6.61 Å². The van der Waals surface area contributed by atoms with Crippen LogP contribution in [0.25, 0.3) is 0 Å². The molecule has 76 valence electrons. The smallest absolute Gasteiger partial charge is 0.322 e. The SMILES string of the molecule is FC(F)OCC1(c2ccccc2)CC1. The van der Waals surface area contributed by atoms with Crippen LogP contribution in [0.3, 0.4) is 0 Å². The van der Waals surface area contributed by atoms with Gasteiger partial charge >= 0.3 is 6.61 Å². The number of halogens is 2. The molecule has 0 radical (unpaired) electrons.